The molecule has 0 atom stereocenters. The minimum Gasteiger partial charge on any atom is -0.436 e. The van der Waals surface area contributed by atoms with E-state index in [0.29, 0.717) is 16.5 Å². The van der Waals surface area contributed by atoms with E-state index in [1.807, 2.05) is 0 Å². The molecule has 1 N–H and O–H groups in total. The SMILES string of the molecule is O=C(Nc1ccc2oc(-c3c(F)c(F)c(F)c(F)c3F)nc2c1)c1cccc(-c2cc3ccccc3oc2=O)c1. The van der Waals surface area contributed by atoms with Gasteiger partial charge in [0.05, 0.1) is 5.56 Å². The molecule has 0 saturated carbocycles. The van der Waals surface area contributed by atoms with Crippen molar-refractivity contribution in [3.8, 4) is 22.6 Å². The number of benzene rings is 4. The van der Waals surface area contributed by atoms with E-state index in [2.05, 4.69) is 10.3 Å². The lowest BCUT2D eigenvalue weighted by atomic mass is 10.0. The molecule has 6 rings (SSSR count). The lowest BCUT2D eigenvalue weighted by molar-refractivity contribution is 0.102. The summed E-state index contributed by atoms with van der Waals surface area (Å²) in [6.45, 7) is 0. The third-order valence-corrected chi connectivity index (χ3v) is 6.15. The third-order valence-electron chi connectivity index (χ3n) is 6.15. The Morgan fingerprint density at radius 3 is 2.23 bits per heavy atom. The molecule has 0 saturated heterocycles. The molecule has 2 heterocycles. The first-order chi connectivity index (χ1) is 19.2. The van der Waals surface area contributed by atoms with Crippen molar-refractivity contribution in [3.63, 3.8) is 0 Å². The monoisotopic (exact) mass is 548 g/mol. The summed E-state index contributed by atoms with van der Waals surface area (Å²) in [7, 11) is 0. The van der Waals surface area contributed by atoms with Crippen molar-refractivity contribution in [2.75, 3.05) is 5.32 Å². The quantitative estimate of drug-likeness (QED) is 0.109. The van der Waals surface area contributed by atoms with Crippen molar-refractivity contribution in [3.05, 3.63) is 118 Å². The molecule has 0 unspecified atom stereocenters. The number of nitrogens with zero attached hydrogens (tertiary/aromatic N) is 1. The highest BCUT2D eigenvalue weighted by molar-refractivity contribution is 6.05. The van der Waals surface area contributed by atoms with E-state index in [-0.39, 0.29) is 27.9 Å². The highest BCUT2D eigenvalue weighted by atomic mass is 19.2. The average Bonchev–Trinajstić information content (AvgIpc) is 3.37. The number of amides is 1. The maximum atomic E-state index is 14.2. The van der Waals surface area contributed by atoms with Crippen LogP contribution in [-0.4, -0.2) is 10.9 Å². The molecule has 0 aliphatic heterocycles. The summed E-state index contributed by atoms with van der Waals surface area (Å²) in [5.74, 6) is -12.1. The highest BCUT2D eigenvalue weighted by Gasteiger charge is 2.29. The summed E-state index contributed by atoms with van der Waals surface area (Å²) in [5.41, 5.74) is -0.383. The number of hydrogen-bond acceptors (Lipinski definition) is 5. The molecule has 1 amide bonds. The molecule has 0 fully saturated rings. The van der Waals surface area contributed by atoms with Crippen LogP contribution in [-0.2, 0) is 0 Å². The van der Waals surface area contributed by atoms with E-state index in [1.54, 1.807) is 42.5 Å². The van der Waals surface area contributed by atoms with Crippen LogP contribution >= 0.6 is 0 Å². The standard InChI is InChI=1S/C29H13F5N2O4/c30-22-21(23(31)25(33)26(34)24(22)32)28-36-18-12-16(8-9-20(18)39-28)35-27(37)15-6-3-5-13(10-15)17-11-14-4-1-2-7-19(14)40-29(17)38/h1-12H,(H,35,37). The van der Waals surface area contributed by atoms with Gasteiger partial charge in [0.1, 0.15) is 16.7 Å². The smallest absolute Gasteiger partial charge is 0.344 e. The predicted octanol–water partition coefficient (Wildman–Crippen LogP) is 7.22. The summed E-state index contributed by atoms with van der Waals surface area (Å²) >= 11 is 0. The molecule has 11 heteroatoms. The average molecular weight is 548 g/mol. The lowest BCUT2D eigenvalue weighted by Gasteiger charge is -2.07. The topological polar surface area (TPSA) is 85.3 Å². The maximum absolute atomic E-state index is 14.2. The first kappa shape index (κ1) is 25.0. The van der Waals surface area contributed by atoms with Crippen LogP contribution in [0.15, 0.2) is 86.4 Å². The molecular weight excluding hydrogens is 535 g/mol. The van der Waals surface area contributed by atoms with Crippen molar-refractivity contribution in [2.24, 2.45) is 0 Å². The second-order valence-corrected chi connectivity index (χ2v) is 8.67. The maximum Gasteiger partial charge on any atom is 0.344 e. The summed E-state index contributed by atoms with van der Waals surface area (Å²) in [5, 5.41) is 3.34. The van der Waals surface area contributed by atoms with Crippen molar-refractivity contribution < 1.29 is 35.6 Å². The molecule has 4 aromatic carbocycles. The number of nitrogens with one attached hydrogen (secondary N) is 1. The van der Waals surface area contributed by atoms with Crippen LogP contribution in [0.5, 0.6) is 0 Å². The molecule has 6 aromatic rings. The number of fused-ring (bicyclic) bond motifs is 2. The lowest BCUT2D eigenvalue weighted by Crippen LogP contribution is -2.12. The van der Waals surface area contributed by atoms with E-state index in [4.69, 9.17) is 8.83 Å². The Hall–Kier alpha value is -5.32. The summed E-state index contributed by atoms with van der Waals surface area (Å²) < 4.78 is 79.7. The third kappa shape index (κ3) is 4.17. The number of para-hydroxylation sites is 1. The molecule has 0 bridgehead atoms. The molecule has 0 spiro atoms. The van der Waals surface area contributed by atoms with Crippen molar-refractivity contribution in [2.45, 2.75) is 0 Å². The Labute approximate surface area is 220 Å². The first-order valence-electron chi connectivity index (χ1n) is 11.6. The number of carbonyl (C=O) groups excluding carboxylic acids is 1. The Morgan fingerprint density at radius 1 is 0.725 bits per heavy atom. The van der Waals surface area contributed by atoms with Crippen LogP contribution < -0.4 is 10.9 Å². The Bertz CT molecular complexity index is 2020. The number of carbonyl (C=O) groups is 1. The number of oxazole rings is 1. The van der Waals surface area contributed by atoms with E-state index in [0.717, 1.165) is 0 Å². The van der Waals surface area contributed by atoms with Crippen LogP contribution in [0.2, 0.25) is 0 Å². The van der Waals surface area contributed by atoms with E-state index in [9.17, 15) is 31.5 Å². The van der Waals surface area contributed by atoms with E-state index < -0.39 is 52.1 Å². The zero-order chi connectivity index (χ0) is 28.1. The Balaban J connectivity index is 1.30. The van der Waals surface area contributed by atoms with Gasteiger partial charge in [0.2, 0.25) is 11.7 Å². The van der Waals surface area contributed by atoms with Crippen LogP contribution in [0.1, 0.15) is 10.4 Å². The fourth-order valence-corrected chi connectivity index (χ4v) is 4.20. The van der Waals surface area contributed by atoms with Gasteiger partial charge in [-0.2, -0.15) is 0 Å². The van der Waals surface area contributed by atoms with Gasteiger partial charge in [-0.3, -0.25) is 4.79 Å². The molecule has 198 valence electrons. The fraction of sp³-hybridized carbons (Fsp3) is 0. The molecule has 6 nitrogen and oxygen atoms in total. The number of halogens is 5. The van der Waals surface area contributed by atoms with Crippen LogP contribution in [0.25, 0.3) is 44.7 Å². The first-order valence-corrected chi connectivity index (χ1v) is 11.6. The minimum absolute atomic E-state index is 0.0146. The number of anilines is 1. The van der Waals surface area contributed by atoms with Crippen LogP contribution in [0.4, 0.5) is 27.6 Å². The van der Waals surface area contributed by atoms with Gasteiger partial charge >= 0.3 is 5.63 Å². The largest absolute Gasteiger partial charge is 0.436 e. The summed E-state index contributed by atoms with van der Waals surface area (Å²) in [4.78, 5) is 29.4. The van der Waals surface area contributed by atoms with E-state index in [1.165, 1.54) is 30.3 Å². The molecular formula is C29H13F5N2O4. The van der Waals surface area contributed by atoms with Gasteiger partial charge in [0.15, 0.2) is 28.9 Å². The zero-order valence-electron chi connectivity index (χ0n) is 19.9. The highest BCUT2D eigenvalue weighted by Crippen LogP contribution is 2.33. The predicted molar refractivity (Wildman–Crippen MR) is 135 cm³/mol. The van der Waals surface area contributed by atoms with Crippen LogP contribution in [0.3, 0.4) is 0 Å². The second-order valence-electron chi connectivity index (χ2n) is 8.67. The molecule has 2 aromatic heterocycles. The van der Waals surface area contributed by atoms with Gasteiger partial charge in [-0.25, -0.2) is 31.7 Å². The van der Waals surface area contributed by atoms with Gasteiger partial charge in [0, 0.05) is 16.6 Å². The van der Waals surface area contributed by atoms with Crippen molar-refractivity contribution in [1.29, 1.82) is 0 Å². The summed E-state index contributed by atoms with van der Waals surface area (Å²) in [6, 6.07) is 18.9. The van der Waals surface area contributed by atoms with Gasteiger partial charge in [0.25, 0.3) is 5.91 Å². The summed E-state index contributed by atoms with van der Waals surface area (Å²) in [6.07, 6.45) is 0. The van der Waals surface area contributed by atoms with Gasteiger partial charge in [-0.05, 0) is 48.0 Å². The van der Waals surface area contributed by atoms with Gasteiger partial charge in [-0.15, -0.1) is 0 Å². The number of rotatable bonds is 4. The van der Waals surface area contributed by atoms with Gasteiger partial charge < -0.3 is 14.2 Å². The zero-order valence-corrected chi connectivity index (χ0v) is 19.9. The molecule has 0 aliphatic rings. The van der Waals surface area contributed by atoms with Crippen molar-refractivity contribution in [1.82, 2.24) is 4.98 Å². The van der Waals surface area contributed by atoms with Crippen molar-refractivity contribution >= 4 is 33.7 Å². The normalized spacial score (nSPS) is 11.3. The molecule has 40 heavy (non-hydrogen) atoms. The molecule has 0 radical (unpaired) electrons. The molecule has 0 aliphatic carbocycles. The Morgan fingerprint density at radius 2 is 1.45 bits per heavy atom. The van der Waals surface area contributed by atoms with Gasteiger partial charge in [-0.1, -0.05) is 30.3 Å². The Kier molecular flexibility index (Phi) is 5.91. The minimum atomic E-state index is -2.30. The number of hydrogen-bond donors (Lipinski definition) is 1. The fourth-order valence-electron chi connectivity index (χ4n) is 4.20. The van der Waals surface area contributed by atoms with Crippen LogP contribution in [0, 0.1) is 29.1 Å². The second kappa shape index (κ2) is 9.45. The number of aromatic nitrogens is 1. The van der Waals surface area contributed by atoms with E-state index >= 15 is 0 Å².